The molecule has 3 heteroatoms. The van der Waals surface area contributed by atoms with E-state index >= 15 is 0 Å². The molecule has 1 saturated carbocycles. The third-order valence-corrected chi connectivity index (χ3v) is 4.42. The second-order valence-corrected chi connectivity index (χ2v) is 5.74. The van der Waals surface area contributed by atoms with Gasteiger partial charge in [-0.3, -0.25) is 0 Å². The maximum atomic E-state index is 13.5. The van der Waals surface area contributed by atoms with E-state index in [0.717, 1.165) is 12.5 Å². The second-order valence-electron chi connectivity index (χ2n) is 5.74. The molecule has 102 valence electrons. The van der Waals surface area contributed by atoms with Crippen molar-refractivity contribution in [3.8, 4) is 0 Å². The molecule has 1 aromatic carbocycles. The van der Waals surface area contributed by atoms with Crippen molar-refractivity contribution in [2.45, 2.75) is 18.9 Å². The molecule has 0 aliphatic heterocycles. The summed E-state index contributed by atoms with van der Waals surface area (Å²) in [6.07, 6.45) is 6.44. The summed E-state index contributed by atoms with van der Waals surface area (Å²) in [4.78, 5) is 0. The number of fused-ring (bicyclic) bond motifs is 2. The fourth-order valence-electron chi connectivity index (χ4n) is 3.39. The first-order valence-corrected chi connectivity index (χ1v) is 7.05. The lowest BCUT2D eigenvalue weighted by atomic mass is 9.93. The Morgan fingerprint density at radius 3 is 2.79 bits per heavy atom. The van der Waals surface area contributed by atoms with Crippen LogP contribution in [0.25, 0.3) is 0 Å². The molecular formula is C16H20FNO. The standard InChI is InChI=1S/C16H20FNO/c17-15-4-2-1-3-14(15)16(19)10-18-9-13-8-11-5-6-12(13)7-11/h1-6,11-13,16,18-19H,7-10H2. The molecule has 2 N–H and O–H groups in total. The molecule has 0 heterocycles. The summed E-state index contributed by atoms with van der Waals surface area (Å²) in [7, 11) is 0. The molecule has 0 aromatic heterocycles. The third-order valence-electron chi connectivity index (χ3n) is 4.42. The first kappa shape index (κ1) is 12.8. The minimum absolute atomic E-state index is 0.334. The lowest BCUT2D eigenvalue weighted by Gasteiger charge is -2.20. The van der Waals surface area contributed by atoms with Gasteiger partial charge in [-0.05, 0) is 43.2 Å². The predicted molar refractivity (Wildman–Crippen MR) is 73.1 cm³/mol. The molecule has 3 rings (SSSR count). The van der Waals surface area contributed by atoms with Gasteiger partial charge in [-0.2, -0.15) is 0 Å². The van der Waals surface area contributed by atoms with Gasteiger partial charge in [-0.1, -0.05) is 30.4 Å². The number of benzene rings is 1. The molecule has 2 aliphatic rings. The van der Waals surface area contributed by atoms with E-state index < -0.39 is 6.10 Å². The average Bonchev–Trinajstić information content (AvgIpc) is 3.01. The lowest BCUT2D eigenvalue weighted by molar-refractivity contribution is 0.167. The minimum Gasteiger partial charge on any atom is -0.387 e. The van der Waals surface area contributed by atoms with Crippen molar-refractivity contribution in [1.29, 1.82) is 0 Å². The molecule has 4 unspecified atom stereocenters. The molecule has 4 atom stereocenters. The number of halogens is 1. The number of hydrogen-bond donors (Lipinski definition) is 2. The van der Waals surface area contributed by atoms with Gasteiger partial charge >= 0.3 is 0 Å². The highest BCUT2D eigenvalue weighted by atomic mass is 19.1. The molecule has 0 amide bonds. The van der Waals surface area contributed by atoms with Crippen LogP contribution in [0.1, 0.15) is 24.5 Å². The van der Waals surface area contributed by atoms with Crippen molar-refractivity contribution >= 4 is 0 Å². The molecule has 1 fully saturated rings. The van der Waals surface area contributed by atoms with Crippen LogP contribution in [0.15, 0.2) is 36.4 Å². The van der Waals surface area contributed by atoms with Crippen molar-refractivity contribution in [3.63, 3.8) is 0 Å². The van der Waals surface area contributed by atoms with Gasteiger partial charge in [0.25, 0.3) is 0 Å². The molecule has 0 radical (unpaired) electrons. The Morgan fingerprint density at radius 2 is 2.11 bits per heavy atom. The van der Waals surface area contributed by atoms with Gasteiger partial charge in [0, 0.05) is 12.1 Å². The van der Waals surface area contributed by atoms with E-state index in [2.05, 4.69) is 17.5 Å². The Bertz CT molecular complexity index is 474. The summed E-state index contributed by atoms with van der Waals surface area (Å²) in [6.45, 7) is 1.33. The normalized spacial score (nSPS) is 29.9. The van der Waals surface area contributed by atoms with Crippen LogP contribution >= 0.6 is 0 Å². The molecule has 0 saturated heterocycles. The van der Waals surface area contributed by atoms with Crippen LogP contribution in [0, 0.1) is 23.6 Å². The first-order chi connectivity index (χ1) is 9.24. The highest BCUT2D eigenvalue weighted by Gasteiger charge is 2.35. The first-order valence-electron chi connectivity index (χ1n) is 7.05. The number of rotatable bonds is 5. The Balaban J connectivity index is 1.48. The van der Waals surface area contributed by atoms with Crippen LogP contribution in [-0.4, -0.2) is 18.2 Å². The summed E-state index contributed by atoms with van der Waals surface area (Å²) in [6, 6.07) is 6.42. The quantitative estimate of drug-likeness (QED) is 0.799. The van der Waals surface area contributed by atoms with Gasteiger partial charge in [0.05, 0.1) is 6.10 Å². The third kappa shape index (κ3) is 2.72. The van der Waals surface area contributed by atoms with Crippen LogP contribution in [0.2, 0.25) is 0 Å². The van der Waals surface area contributed by atoms with E-state index in [-0.39, 0.29) is 5.82 Å². The zero-order valence-electron chi connectivity index (χ0n) is 10.9. The summed E-state index contributed by atoms with van der Waals surface area (Å²) in [5.74, 6) is 1.83. The second kappa shape index (κ2) is 5.43. The zero-order chi connectivity index (χ0) is 13.2. The Labute approximate surface area is 113 Å². The molecule has 2 aliphatic carbocycles. The number of hydrogen-bond acceptors (Lipinski definition) is 2. The van der Waals surface area contributed by atoms with E-state index in [9.17, 15) is 9.50 Å². The highest BCUT2D eigenvalue weighted by Crippen LogP contribution is 2.42. The summed E-state index contributed by atoms with van der Waals surface area (Å²) >= 11 is 0. The summed E-state index contributed by atoms with van der Waals surface area (Å²) in [5, 5.41) is 13.3. The van der Waals surface area contributed by atoms with Crippen LogP contribution in [-0.2, 0) is 0 Å². The van der Waals surface area contributed by atoms with E-state index in [1.165, 1.54) is 18.9 Å². The maximum absolute atomic E-state index is 13.5. The largest absolute Gasteiger partial charge is 0.387 e. The minimum atomic E-state index is -0.768. The van der Waals surface area contributed by atoms with Gasteiger partial charge in [0.2, 0.25) is 0 Å². The fraction of sp³-hybridized carbons (Fsp3) is 0.500. The van der Waals surface area contributed by atoms with Crippen LogP contribution < -0.4 is 5.32 Å². The Kier molecular flexibility index (Phi) is 3.67. The van der Waals surface area contributed by atoms with Gasteiger partial charge in [0.1, 0.15) is 5.82 Å². The Hall–Kier alpha value is -1.19. The summed E-state index contributed by atoms with van der Waals surface area (Å²) in [5.41, 5.74) is 0.378. The van der Waals surface area contributed by atoms with E-state index in [1.807, 2.05) is 0 Å². The van der Waals surface area contributed by atoms with Crippen molar-refractivity contribution in [2.24, 2.45) is 17.8 Å². The van der Waals surface area contributed by atoms with Gasteiger partial charge < -0.3 is 10.4 Å². The molecular weight excluding hydrogens is 241 g/mol. The topological polar surface area (TPSA) is 32.3 Å². The number of aliphatic hydroxyl groups is 1. The van der Waals surface area contributed by atoms with Crippen LogP contribution in [0.3, 0.4) is 0 Å². The number of aliphatic hydroxyl groups excluding tert-OH is 1. The zero-order valence-corrected chi connectivity index (χ0v) is 10.9. The Morgan fingerprint density at radius 1 is 1.26 bits per heavy atom. The van der Waals surface area contributed by atoms with Crippen molar-refractivity contribution < 1.29 is 9.50 Å². The molecule has 19 heavy (non-hydrogen) atoms. The number of allylic oxidation sites excluding steroid dienone is 2. The van der Waals surface area contributed by atoms with Gasteiger partial charge in [0.15, 0.2) is 0 Å². The number of nitrogens with one attached hydrogen (secondary N) is 1. The monoisotopic (exact) mass is 261 g/mol. The van der Waals surface area contributed by atoms with Gasteiger partial charge in [-0.25, -0.2) is 4.39 Å². The molecule has 0 spiro atoms. The lowest BCUT2D eigenvalue weighted by Crippen LogP contribution is -2.29. The van der Waals surface area contributed by atoms with Gasteiger partial charge in [-0.15, -0.1) is 0 Å². The fourth-order valence-corrected chi connectivity index (χ4v) is 3.39. The van der Waals surface area contributed by atoms with Crippen molar-refractivity contribution in [3.05, 3.63) is 47.8 Å². The van der Waals surface area contributed by atoms with Crippen molar-refractivity contribution in [1.82, 2.24) is 5.32 Å². The molecule has 2 bridgehead atoms. The molecule has 2 nitrogen and oxygen atoms in total. The smallest absolute Gasteiger partial charge is 0.129 e. The maximum Gasteiger partial charge on any atom is 0.129 e. The summed E-state index contributed by atoms with van der Waals surface area (Å²) < 4.78 is 13.5. The van der Waals surface area contributed by atoms with E-state index in [4.69, 9.17) is 0 Å². The predicted octanol–water partition coefficient (Wildman–Crippen LogP) is 2.66. The van der Waals surface area contributed by atoms with Crippen LogP contribution in [0.4, 0.5) is 4.39 Å². The van der Waals surface area contributed by atoms with Crippen LogP contribution in [0.5, 0.6) is 0 Å². The van der Waals surface area contributed by atoms with E-state index in [0.29, 0.717) is 23.9 Å². The molecule has 1 aromatic rings. The van der Waals surface area contributed by atoms with E-state index in [1.54, 1.807) is 18.2 Å². The van der Waals surface area contributed by atoms with Crippen molar-refractivity contribution in [2.75, 3.05) is 13.1 Å². The SMILES string of the molecule is OC(CNCC1CC2C=CC1C2)c1ccccc1F. The average molecular weight is 261 g/mol. The highest BCUT2D eigenvalue weighted by molar-refractivity contribution is 5.20.